The van der Waals surface area contributed by atoms with Crippen molar-refractivity contribution in [2.45, 2.75) is 44.1 Å². The van der Waals surface area contributed by atoms with Gasteiger partial charge in [-0.15, -0.1) is 11.8 Å². The highest BCUT2D eigenvalue weighted by molar-refractivity contribution is 8.22. The summed E-state index contributed by atoms with van der Waals surface area (Å²) in [6, 6.07) is 9.98. The minimum Gasteiger partial charge on any atom is -0.378 e. The highest BCUT2D eigenvalue weighted by Gasteiger charge is 2.62. The highest BCUT2D eigenvalue weighted by atomic mass is 32.2. The fraction of sp³-hybridized carbons (Fsp3) is 0.588. The lowest BCUT2D eigenvalue weighted by Crippen LogP contribution is -2.38. The summed E-state index contributed by atoms with van der Waals surface area (Å²) in [5.41, 5.74) is 0.904. The van der Waals surface area contributed by atoms with Crippen molar-refractivity contribution in [3.8, 4) is 0 Å². The smallest absolute Gasteiger partial charge is 0.109 e. The molecule has 2 bridgehead atoms. The summed E-state index contributed by atoms with van der Waals surface area (Å²) in [5, 5.41) is 0. The van der Waals surface area contributed by atoms with Crippen LogP contribution in [0.5, 0.6) is 0 Å². The van der Waals surface area contributed by atoms with Gasteiger partial charge in [0.2, 0.25) is 0 Å². The number of thiocarbonyl (C=S) groups is 1. The number of ether oxygens (including phenoxy) is 2. The second-order valence-electron chi connectivity index (χ2n) is 6.13. The molecule has 1 aromatic carbocycles. The van der Waals surface area contributed by atoms with Gasteiger partial charge in [-0.05, 0) is 24.7 Å². The van der Waals surface area contributed by atoms with Crippen LogP contribution in [-0.2, 0) is 16.1 Å². The molecule has 2 radical (unpaired) electrons. The van der Waals surface area contributed by atoms with Crippen molar-refractivity contribution in [2.75, 3.05) is 6.26 Å². The molecule has 22 heavy (non-hydrogen) atoms. The van der Waals surface area contributed by atoms with Gasteiger partial charge in [0.1, 0.15) is 7.85 Å². The van der Waals surface area contributed by atoms with Crippen LogP contribution in [0.25, 0.3) is 0 Å². The fourth-order valence-corrected chi connectivity index (χ4v) is 4.68. The Bertz CT molecular complexity index is 539. The Kier molecular flexibility index (Phi) is 4.98. The first-order valence-corrected chi connectivity index (χ1v) is 9.41. The minimum atomic E-state index is -0.274. The van der Waals surface area contributed by atoms with Crippen molar-refractivity contribution in [2.24, 2.45) is 11.8 Å². The molecule has 1 heterocycles. The van der Waals surface area contributed by atoms with Crippen molar-refractivity contribution in [1.82, 2.24) is 0 Å². The van der Waals surface area contributed by atoms with Crippen molar-refractivity contribution in [3.05, 3.63) is 35.9 Å². The number of thioether (sulfide) groups is 1. The summed E-state index contributed by atoms with van der Waals surface area (Å²) in [6.45, 7) is 2.75. The van der Waals surface area contributed by atoms with Gasteiger partial charge in [0.05, 0.1) is 22.5 Å². The van der Waals surface area contributed by atoms with E-state index in [9.17, 15) is 0 Å². The first kappa shape index (κ1) is 16.5. The summed E-state index contributed by atoms with van der Waals surface area (Å²) in [6.07, 6.45) is 3.91. The number of rotatable bonds is 5. The van der Waals surface area contributed by atoms with Crippen molar-refractivity contribution in [3.63, 3.8) is 0 Å². The third-order valence-electron chi connectivity index (χ3n) is 5.02. The molecule has 0 amide bonds. The molecule has 2 fully saturated rings. The summed E-state index contributed by atoms with van der Waals surface area (Å²) in [4.78, 5) is 0. The molecule has 1 aliphatic heterocycles. The van der Waals surface area contributed by atoms with Gasteiger partial charge in [-0.1, -0.05) is 49.5 Å². The molecule has 1 saturated heterocycles. The highest BCUT2D eigenvalue weighted by Crippen LogP contribution is 2.55. The van der Waals surface area contributed by atoms with Gasteiger partial charge >= 0.3 is 0 Å². The molecule has 5 atom stereocenters. The van der Waals surface area contributed by atoms with E-state index >= 15 is 0 Å². The van der Waals surface area contributed by atoms with E-state index in [4.69, 9.17) is 29.5 Å². The quantitative estimate of drug-likeness (QED) is 0.606. The number of hydrogen-bond donors (Lipinski definition) is 0. The molecule has 0 spiro atoms. The third kappa shape index (κ3) is 2.77. The Hall–Kier alpha value is -0.355. The molecule has 5 heteroatoms. The molecule has 1 saturated carbocycles. The van der Waals surface area contributed by atoms with Crippen LogP contribution in [0.4, 0.5) is 0 Å². The first-order chi connectivity index (χ1) is 10.6. The van der Waals surface area contributed by atoms with Crippen molar-refractivity contribution < 1.29 is 9.47 Å². The van der Waals surface area contributed by atoms with Gasteiger partial charge in [-0.3, -0.25) is 0 Å². The molecule has 2 aliphatic rings. The topological polar surface area (TPSA) is 18.5 Å². The molecular formula is C17H21BO2S2. The fourth-order valence-electron chi connectivity index (χ4n) is 3.90. The number of hydrogen-bond acceptors (Lipinski definition) is 4. The SMILES string of the molecule is [B][C@@H]1O[C@@]2(CC)C[C@H](C(=S)SC)[C@@H]1[C@@H]2OCc1ccccc1. The Morgan fingerprint density at radius 3 is 2.82 bits per heavy atom. The van der Waals surface area contributed by atoms with E-state index in [2.05, 4.69) is 19.1 Å². The van der Waals surface area contributed by atoms with Gasteiger partial charge in [-0.2, -0.15) is 0 Å². The lowest BCUT2D eigenvalue weighted by molar-refractivity contribution is -0.0962. The third-order valence-corrected chi connectivity index (χ3v) is 6.53. The van der Waals surface area contributed by atoms with E-state index in [0.717, 1.165) is 17.0 Å². The maximum atomic E-state index is 6.29. The maximum absolute atomic E-state index is 6.29. The van der Waals surface area contributed by atoms with E-state index in [1.54, 1.807) is 11.8 Å². The largest absolute Gasteiger partial charge is 0.378 e. The Morgan fingerprint density at radius 1 is 1.45 bits per heavy atom. The molecule has 116 valence electrons. The summed E-state index contributed by atoms with van der Waals surface area (Å²) in [5.74, 6) is 0.484. The molecule has 1 aromatic rings. The van der Waals surface area contributed by atoms with Gasteiger partial charge in [-0.25, -0.2) is 0 Å². The predicted octanol–water partition coefficient (Wildman–Crippen LogP) is 3.57. The molecule has 0 aromatic heterocycles. The van der Waals surface area contributed by atoms with Crippen LogP contribution in [0.15, 0.2) is 30.3 Å². The summed E-state index contributed by atoms with van der Waals surface area (Å²) >= 11 is 7.21. The zero-order chi connectivity index (χ0) is 15.7. The zero-order valence-electron chi connectivity index (χ0n) is 13.0. The van der Waals surface area contributed by atoms with Crippen LogP contribution in [0, 0.1) is 11.8 Å². The van der Waals surface area contributed by atoms with Crippen molar-refractivity contribution in [1.29, 1.82) is 0 Å². The summed E-state index contributed by atoms with van der Waals surface area (Å²) < 4.78 is 13.4. The number of benzene rings is 1. The van der Waals surface area contributed by atoms with E-state index in [1.807, 2.05) is 24.5 Å². The van der Waals surface area contributed by atoms with Gasteiger partial charge in [0.15, 0.2) is 0 Å². The average Bonchev–Trinajstić information content (AvgIpc) is 3.02. The average molecular weight is 332 g/mol. The molecule has 0 N–H and O–H groups in total. The van der Waals surface area contributed by atoms with Crippen LogP contribution < -0.4 is 0 Å². The summed E-state index contributed by atoms with van der Waals surface area (Å²) in [7, 11) is 6.25. The Labute approximate surface area is 143 Å². The second-order valence-corrected chi connectivity index (χ2v) is 7.68. The Morgan fingerprint density at radius 2 is 2.18 bits per heavy atom. The lowest BCUT2D eigenvalue weighted by atomic mass is 9.80. The van der Waals surface area contributed by atoms with Crippen LogP contribution >= 0.6 is 24.0 Å². The maximum Gasteiger partial charge on any atom is 0.109 e. The normalized spacial score (nSPS) is 36.6. The predicted molar refractivity (Wildman–Crippen MR) is 96.4 cm³/mol. The van der Waals surface area contributed by atoms with Crippen LogP contribution in [-0.4, -0.2) is 36.0 Å². The van der Waals surface area contributed by atoms with Gasteiger partial charge in [0, 0.05) is 17.8 Å². The van der Waals surface area contributed by atoms with E-state index < -0.39 is 0 Å². The number of fused-ring (bicyclic) bond motifs is 2. The standard InChI is InChI=1S/C17H21BO2S2/c1-3-17-9-12(16(21)22-2)13(15(18)20-17)14(17)19-10-11-7-5-4-6-8-11/h4-8,12-15H,3,9-10H2,1-2H3/t12-,13+,14-,15+,17-/m0/s1. The molecule has 1 aliphatic carbocycles. The van der Waals surface area contributed by atoms with Gasteiger partial charge in [0.25, 0.3) is 0 Å². The molecule has 2 nitrogen and oxygen atoms in total. The minimum absolute atomic E-state index is 0.0304. The molecule has 0 unspecified atom stereocenters. The van der Waals surface area contributed by atoms with Crippen LogP contribution in [0.2, 0.25) is 0 Å². The van der Waals surface area contributed by atoms with Gasteiger partial charge < -0.3 is 9.47 Å². The second kappa shape index (κ2) is 6.64. The van der Waals surface area contributed by atoms with Crippen LogP contribution in [0.3, 0.4) is 0 Å². The van der Waals surface area contributed by atoms with E-state index in [0.29, 0.717) is 12.5 Å². The monoisotopic (exact) mass is 332 g/mol. The first-order valence-electron chi connectivity index (χ1n) is 7.78. The van der Waals surface area contributed by atoms with Crippen molar-refractivity contribution >= 4 is 36.0 Å². The molecule has 3 rings (SSSR count). The van der Waals surface area contributed by atoms with E-state index in [-0.39, 0.29) is 23.6 Å². The zero-order valence-corrected chi connectivity index (χ0v) is 14.7. The lowest BCUT2D eigenvalue weighted by Gasteiger charge is -2.33. The molecular weight excluding hydrogens is 311 g/mol. The van der Waals surface area contributed by atoms with E-state index in [1.165, 1.54) is 5.56 Å². The van der Waals surface area contributed by atoms with Crippen LogP contribution in [0.1, 0.15) is 25.3 Å². The Balaban J connectivity index is 1.78.